The molecule has 0 N–H and O–H groups in total. The third-order valence-electron chi connectivity index (χ3n) is 4.51. The molecule has 0 fully saturated rings. The average Bonchev–Trinajstić information content (AvgIpc) is 2.75. The lowest BCUT2D eigenvalue weighted by molar-refractivity contribution is -0.274. The van der Waals surface area contributed by atoms with Gasteiger partial charge in [-0.3, -0.25) is 0 Å². The molecule has 7 nitrogen and oxygen atoms in total. The van der Waals surface area contributed by atoms with Crippen LogP contribution in [0.15, 0.2) is 99.3 Å². The molecule has 0 aliphatic rings. The van der Waals surface area contributed by atoms with Gasteiger partial charge in [-0.1, -0.05) is 36.4 Å². The van der Waals surface area contributed by atoms with Crippen LogP contribution in [0.1, 0.15) is 0 Å². The first kappa shape index (κ1) is 20.9. The number of alkyl halides is 3. The van der Waals surface area contributed by atoms with Crippen molar-refractivity contribution < 1.29 is 17.9 Å². The van der Waals surface area contributed by atoms with Gasteiger partial charge in [-0.25, -0.2) is 28.1 Å². The van der Waals surface area contributed by atoms with Gasteiger partial charge in [0.25, 0.3) is 0 Å². The number of hydrogen-bond acceptors (Lipinski definition) is 4. The van der Waals surface area contributed by atoms with Crippen LogP contribution in [0, 0.1) is 0 Å². The average molecular weight is 441 g/mol. The van der Waals surface area contributed by atoms with Crippen LogP contribution < -0.4 is 21.8 Å². The fourth-order valence-electron chi connectivity index (χ4n) is 3.16. The lowest BCUT2D eigenvalue weighted by Crippen LogP contribution is -2.52. The summed E-state index contributed by atoms with van der Waals surface area (Å²) in [5.41, 5.74) is -2.42. The molecule has 0 saturated carbocycles. The zero-order valence-electron chi connectivity index (χ0n) is 16.2. The summed E-state index contributed by atoms with van der Waals surface area (Å²) < 4.78 is 43.5. The van der Waals surface area contributed by atoms with E-state index in [1.54, 1.807) is 36.4 Å². The van der Waals surface area contributed by atoms with Crippen LogP contribution in [0.3, 0.4) is 0 Å². The Balaban J connectivity index is 2.00. The number of para-hydroxylation sites is 2. The molecule has 3 aromatic carbocycles. The third kappa shape index (κ3) is 3.97. The van der Waals surface area contributed by atoms with Crippen molar-refractivity contribution in [2.75, 3.05) is 0 Å². The summed E-state index contributed by atoms with van der Waals surface area (Å²) in [4.78, 5) is 39.6. The predicted molar refractivity (Wildman–Crippen MR) is 110 cm³/mol. The van der Waals surface area contributed by atoms with E-state index in [1.807, 2.05) is 0 Å². The Morgan fingerprint density at radius 1 is 0.531 bits per heavy atom. The van der Waals surface area contributed by atoms with E-state index in [0.717, 1.165) is 33.4 Å². The summed E-state index contributed by atoms with van der Waals surface area (Å²) in [5.74, 6) is -0.519. The van der Waals surface area contributed by atoms with Gasteiger partial charge in [-0.2, -0.15) is 0 Å². The Kier molecular flexibility index (Phi) is 5.27. The Morgan fingerprint density at radius 3 is 1.22 bits per heavy atom. The molecule has 10 heteroatoms. The first-order valence-corrected chi connectivity index (χ1v) is 9.24. The molecule has 4 rings (SSSR count). The Hall–Kier alpha value is -4.34. The molecule has 0 atom stereocenters. The highest BCUT2D eigenvalue weighted by Crippen LogP contribution is 2.23. The molecule has 0 radical (unpaired) electrons. The summed E-state index contributed by atoms with van der Waals surface area (Å²) in [6, 6.07) is 20.1. The second-order valence-electron chi connectivity index (χ2n) is 6.57. The molecule has 0 saturated heterocycles. The zero-order chi connectivity index (χ0) is 22.9. The molecule has 0 aliphatic carbocycles. The van der Waals surface area contributed by atoms with Crippen LogP contribution in [0.5, 0.6) is 5.75 Å². The van der Waals surface area contributed by atoms with Gasteiger partial charge in [0.15, 0.2) is 0 Å². The lowest BCUT2D eigenvalue weighted by atomic mass is 10.3. The molecular formula is C22H14F3N3O4. The number of benzene rings is 3. The Labute approximate surface area is 177 Å². The highest BCUT2D eigenvalue weighted by atomic mass is 19.4. The summed E-state index contributed by atoms with van der Waals surface area (Å²) in [6.45, 7) is 0. The van der Waals surface area contributed by atoms with Crippen molar-refractivity contribution in [2.24, 2.45) is 0 Å². The number of rotatable bonds is 4. The normalized spacial score (nSPS) is 11.3. The van der Waals surface area contributed by atoms with Gasteiger partial charge in [-0.05, 0) is 48.5 Å². The molecule has 0 unspecified atom stereocenters. The summed E-state index contributed by atoms with van der Waals surface area (Å²) in [7, 11) is 0. The van der Waals surface area contributed by atoms with Gasteiger partial charge in [0.05, 0.1) is 17.1 Å². The zero-order valence-corrected chi connectivity index (χ0v) is 16.2. The highest BCUT2D eigenvalue weighted by molar-refractivity contribution is 5.39. The summed E-state index contributed by atoms with van der Waals surface area (Å²) >= 11 is 0. The molecule has 1 aromatic heterocycles. The monoisotopic (exact) mass is 441 g/mol. The Bertz CT molecular complexity index is 1340. The smallest absolute Gasteiger partial charge is 0.406 e. The first-order chi connectivity index (χ1) is 15.3. The van der Waals surface area contributed by atoms with Gasteiger partial charge < -0.3 is 4.74 Å². The van der Waals surface area contributed by atoms with Crippen molar-refractivity contribution >= 4 is 0 Å². The molecule has 162 valence electrons. The molecule has 0 aliphatic heterocycles. The van der Waals surface area contributed by atoms with Crippen molar-refractivity contribution in [2.45, 2.75) is 6.36 Å². The van der Waals surface area contributed by atoms with Gasteiger partial charge in [0.1, 0.15) is 5.75 Å². The van der Waals surface area contributed by atoms with E-state index in [0.29, 0.717) is 4.57 Å². The fourth-order valence-corrected chi connectivity index (χ4v) is 3.16. The van der Waals surface area contributed by atoms with Crippen LogP contribution in [0.25, 0.3) is 17.1 Å². The van der Waals surface area contributed by atoms with Crippen LogP contribution in [-0.4, -0.2) is 20.1 Å². The van der Waals surface area contributed by atoms with Crippen molar-refractivity contribution in [3.63, 3.8) is 0 Å². The molecular weight excluding hydrogens is 427 g/mol. The topological polar surface area (TPSA) is 75.2 Å². The maximum atomic E-state index is 13.2. The van der Waals surface area contributed by atoms with Crippen molar-refractivity contribution in [3.8, 4) is 22.8 Å². The number of nitrogens with zero attached hydrogens (tertiary/aromatic N) is 3. The van der Waals surface area contributed by atoms with Gasteiger partial charge >= 0.3 is 23.4 Å². The van der Waals surface area contributed by atoms with E-state index in [2.05, 4.69) is 4.74 Å². The minimum absolute atomic E-state index is 0.0381. The first-order valence-electron chi connectivity index (χ1n) is 9.24. The van der Waals surface area contributed by atoms with Crippen LogP contribution in [0.2, 0.25) is 0 Å². The molecule has 0 amide bonds. The SMILES string of the molecule is O=c1n(-c2ccccc2)c(=O)n(-c2ccc(OC(F)(F)F)cc2)c(=O)n1-c1ccccc1. The second-order valence-corrected chi connectivity index (χ2v) is 6.57. The van der Waals surface area contributed by atoms with Crippen LogP contribution in [0.4, 0.5) is 13.2 Å². The predicted octanol–water partition coefficient (Wildman–Crippen LogP) is 3.04. The van der Waals surface area contributed by atoms with Crippen molar-refractivity contribution in [1.82, 2.24) is 13.7 Å². The largest absolute Gasteiger partial charge is 0.573 e. The standard InChI is InChI=1S/C22H14F3N3O4/c23-22(24,25)32-18-13-11-17(12-14-18)28-20(30)26(15-7-3-1-4-8-15)19(29)27(21(28)31)16-9-5-2-6-10-16/h1-14H. The lowest BCUT2D eigenvalue weighted by Gasteiger charge is -2.15. The number of hydrogen-bond donors (Lipinski definition) is 0. The van der Waals surface area contributed by atoms with Gasteiger partial charge in [-0.15, -0.1) is 13.2 Å². The van der Waals surface area contributed by atoms with E-state index in [-0.39, 0.29) is 17.1 Å². The van der Waals surface area contributed by atoms with E-state index in [1.165, 1.54) is 24.3 Å². The summed E-state index contributed by atoms with van der Waals surface area (Å²) in [5, 5.41) is 0. The minimum atomic E-state index is -4.89. The highest BCUT2D eigenvalue weighted by Gasteiger charge is 2.31. The number of halogens is 3. The molecule has 1 heterocycles. The van der Waals surface area contributed by atoms with Gasteiger partial charge in [0.2, 0.25) is 0 Å². The maximum Gasteiger partial charge on any atom is 0.573 e. The quantitative estimate of drug-likeness (QED) is 0.488. The Morgan fingerprint density at radius 2 is 0.875 bits per heavy atom. The van der Waals surface area contributed by atoms with E-state index in [4.69, 9.17) is 0 Å². The molecule has 0 bridgehead atoms. The summed E-state index contributed by atoms with van der Waals surface area (Å²) in [6.07, 6.45) is -4.89. The maximum absolute atomic E-state index is 13.2. The third-order valence-corrected chi connectivity index (χ3v) is 4.51. The molecule has 0 spiro atoms. The van der Waals surface area contributed by atoms with Crippen LogP contribution in [-0.2, 0) is 0 Å². The van der Waals surface area contributed by atoms with Crippen molar-refractivity contribution in [1.29, 1.82) is 0 Å². The molecule has 4 aromatic rings. The van der Waals surface area contributed by atoms with Crippen LogP contribution >= 0.6 is 0 Å². The molecule has 32 heavy (non-hydrogen) atoms. The minimum Gasteiger partial charge on any atom is -0.406 e. The van der Waals surface area contributed by atoms with Gasteiger partial charge in [0, 0.05) is 0 Å². The van der Waals surface area contributed by atoms with Crippen molar-refractivity contribution in [3.05, 3.63) is 116 Å². The van der Waals surface area contributed by atoms with E-state index in [9.17, 15) is 27.6 Å². The fraction of sp³-hybridized carbons (Fsp3) is 0.0455. The second kappa shape index (κ2) is 8.06. The van der Waals surface area contributed by atoms with E-state index >= 15 is 0 Å². The number of ether oxygens (including phenoxy) is 1. The van der Waals surface area contributed by atoms with E-state index < -0.39 is 29.2 Å². The number of aromatic nitrogens is 3.